The van der Waals surface area contributed by atoms with Crippen molar-refractivity contribution in [2.45, 2.75) is 0 Å². The fourth-order valence-corrected chi connectivity index (χ4v) is 3.12. The second-order valence-corrected chi connectivity index (χ2v) is 6.18. The van der Waals surface area contributed by atoms with E-state index in [1.165, 1.54) is 0 Å². The number of piperazine rings is 1. The number of nitrogens with zero attached hydrogens (tertiary/aromatic N) is 2. The van der Waals surface area contributed by atoms with E-state index in [1.54, 1.807) is 0 Å². The summed E-state index contributed by atoms with van der Waals surface area (Å²) in [4.78, 5) is 14.4. The van der Waals surface area contributed by atoms with E-state index >= 15 is 0 Å². The molecule has 0 unspecified atom stereocenters. The largest absolute Gasteiger partial charge is 0.336 e. The van der Waals surface area contributed by atoms with Crippen molar-refractivity contribution in [2.24, 2.45) is 0 Å². The molecule has 3 aromatic rings. The highest BCUT2D eigenvalue weighted by Gasteiger charge is 2.17. The van der Waals surface area contributed by atoms with E-state index in [-0.39, 0.29) is 5.91 Å². The van der Waals surface area contributed by atoms with Crippen LogP contribution in [0.5, 0.6) is 0 Å². The van der Waals surface area contributed by atoms with Gasteiger partial charge in [0.1, 0.15) is 0 Å². The van der Waals surface area contributed by atoms with Gasteiger partial charge in [-0.05, 0) is 28.8 Å². The Morgan fingerprint density at radius 3 is 1.96 bits per heavy atom. The monoisotopic (exact) mass is 332 g/mol. The maximum atomic E-state index is 12.5. The molecule has 2 N–H and O–H groups in total. The van der Waals surface area contributed by atoms with Crippen LogP contribution in [-0.4, -0.2) is 47.2 Å². The minimum absolute atomic E-state index is 0.114. The third kappa shape index (κ3) is 3.32. The van der Waals surface area contributed by atoms with E-state index in [4.69, 9.17) is 0 Å². The molecule has 1 amide bonds. The standard InChI is InChI=1S/C20H20N4O/c25-20(24-11-9-21-10-12-24)18-7-5-16(6-8-18)15-1-3-17(4-2-15)19-13-22-23-14-19/h1-8,13-14,21H,9-12H2,(H,22,23). The topological polar surface area (TPSA) is 61.0 Å². The quantitative estimate of drug-likeness (QED) is 0.775. The van der Waals surface area contributed by atoms with E-state index in [0.717, 1.165) is 54.0 Å². The number of carbonyl (C=O) groups excluding carboxylic acids is 1. The molecular formula is C20H20N4O. The molecular weight excluding hydrogens is 312 g/mol. The molecule has 0 bridgehead atoms. The Bertz CT molecular complexity index is 832. The first-order valence-corrected chi connectivity index (χ1v) is 8.51. The Morgan fingerprint density at radius 1 is 0.840 bits per heavy atom. The molecule has 1 fully saturated rings. The number of aromatic nitrogens is 2. The minimum atomic E-state index is 0.114. The van der Waals surface area contributed by atoms with Crippen LogP contribution in [0.15, 0.2) is 60.9 Å². The van der Waals surface area contributed by atoms with E-state index in [1.807, 2.05) is 41.6 Å². The number of carbonyl (C=O) groups is 1. The van der Waals surface area contributed by atoms with E-state index < -0.39 is 0 Å². The number of hydrogen-bond acceptors (Lipinski definition) is 3. The number of nitrogens with one attached hydrogen (secondary N) is 2. The van der Waals surface area contributed by atoms with Crippen LogP contribution < -0.4 is 5.32 Å². The lowest BCUT2D eigenvalue weighted by atomic mass is 10.0. The predicted molar refractivity (Wildman–Crippen MR) is 98.2 cm³/mol. The lowest BCUT2D eigenvalue weighted by Crippen LogP contribution is -2.46. The van der Waals surface area contributed by atoms with Gasteiger partial charge < -0.3 is 10.2 Å². The van der Waals surface area contributed by atoms with Crippen LogP contribution >= 0.6 is 0 Å². The molecule has 5 heteroatoms. The van der Waals surface area contributed by atoms with Gasteiger partial charge in [-0.3, -0.25) is 9.89 Å². The third-order valence-corrected chi connectivity index (χ3v) is 4.59. The van der Waals surface area contributed by atoms with Crippen LogP contribution in [0.3, 0.4) is 0 Å². The lowest BCUT2D eigenvalue weighted by Gasteiger charge is -2.27. The molecule has 4 rings (SSSR count). The zero-order chi connectivity index (χ0) is 17.1. The van der Waals surface area contributed by atoms with Crippen LogP contribution in [0.25, 0.3) is 22.3 Å². The summed E-state index contributed by atoms with van der Waals surface area (Å²) in [7, 11) is 0. The van der Waals surface area contributed by atoms with Crippen molar-refractivity contribution in [1.82, 2.24) is 20.4 Å². The van der Waals surface area contributed by atoms with Crippen LogP contribution in [-0.2, 0) is 0 Å². The summed E-state index contributed by atoms with van der Waals surface area (Å²) in [5, 5.41) is 10.1. The first-order valence-electron chi connectivity index (χ1n) is 8.51. The smallest absolute Gasteiger partial charge is 0.253 e. The van der Waals surface area contributed by atoms with Gasteiger partial charge in [-0.25, -0.2) is 0 Å². The molecule has 2 aromatic carbocycles. The zero-order valence-electron chi connectivity index (χ0n) is 13.9. The number of aromatic amines is 1. The molecule has 2 heterocycles. The Kier molecular flexibility index (Phi) is 4.31. The maximum Gasteiger partial charge on any atom is 0.253 e. The SMILES string of the molecule is O=C(c1ccc(-c2ccc(-c3cn[nH]c3)cc2)cc1)N1CCNCC1. The molecule has 0 radical (unpaired) electrons. The summed E-state index contributed by atoms with van der Waals surface area (Å²) in [6.07, 6.45) is 3.69. The van der Waals surface area contributed by atoms with Gasteiger partial charge in [0.05, 0.1) is 6.20 Å². The summed E-state index contributed by atoms with van der Waals surface area (Å²) in [6, 6.07) is 16.2. The number of benzene rings is 2. The molecule has 0 spiro atoms. The molecule has 0 aliphatic carbocycles. The van der Waals surface area contributed by atoms with Gasteiger partial charge in [0.25, 0.3) is 5.91 Å². The maximum absolute atomic E-state index is 12.5. The van der Waals surface area contributed by atoms with Gasteiger partial charge in [-0.15, -0.1) is 0 Å². The van der Waals surface area contributed by atoms with Gasteiger partial charge >= 0.3 is 0 Å². The number of amides is 1. The van der Waals surface area contributed by atoms with Gasteiger partial charge in [-0.2, -0.15) is 5.10 Å². The second kappa shape index (κ2) is 6.91. The van der Waals surface area contributed by atoms with Crippen molar-refractivity contribution in [3.63, 3.8) is 0 Å². The molecule has 0 atom stereocenters. The molecule has 126 valence electrons. The number of rotatable bonds is 3. The summed E-state index contributed by atoms with van der Waals surface area (Å²) in [5.41, 5.74) is 5.19. The van der Waals surface area contributed by atoms with Crippen LogP contribution in [0.1, 0.15) is 10.4 Å². The number of H-pyrrole nitrogens is 1. The lowest BCUT2D eigenvalue weighted by molar-refractivity contribution is 0.0736. The van der Waals surface area contributed by atoms with Crippen molar-refractivity contribution >= 4 is 5.91 Å². The molecule has 1 aliphatic rings. The summed E-state index contributed by atoms with van der Waals surface area (Å²) in [5.74, 6) is 0.114. The van der Waals surface area contributed by atoms with Crippen molar-refractivity contribution in [3.05, 3.63) is 66.5 Å². The molecule has 5 nitrogen and oxygen atoms in total. The average Bonchev–Trinajstić information content (AvgIpc) is 3.23. The van der Waals surface area contributed by atoms with Crippen molar-refractivity contribution < 1.29 is 4.79 Å². The third-order valence-electron chi connectivity index (χ3n) is 4.59. The van der Waals surface area contributed by atoms with Crippen molar-refractivity contribution in [2.75, 3.05) is 26.2 Å². The Hall–Kier alpha value is -2.92. The van der Waals surface area contributed by atoms with Gasteiger partial charge in [0, 0.05) is 43.5 Å². The van der Waals surface area contributed by atoms with Crippen LogP contribution in [0, 0.1) is 0 Å². The van der Waals surface area contributed by atoms with Crippen molar-refractivity contribution in [3.8, 4) is 22.3 Å². The molecule has 0 saturated carbocycles. The molecule has 1 saturated heterocycles. The van der Waals surface area contributed by atoms with Crippen LogP contribution in [0.2, 0.25) is 0 Å². The van der Waals surface area contributed by atoms with Gasteiger partial charge in [0.2, 0.25) is 0 Å². The predicted octanol–water partition coefficient (Wildman–Crippen LogP) is 2.79. The first kappa shape index (κ1) is 15.6. The highest BCUT2D eigenvalue weighted by molar-refractivity contribution is 5.94. The number of hydrogen-bond donors (Lipinski definition) is 2. The van der Waals surface area contributed by atoms with E-state index in [2.05, 4.69) is 39.8 Å². The minimum Gasteiger partial charge on any atom is -0.336 e. The normalized spacial score (nSPS) is 14.5. The Labute approximate surface area is 146 Å². The summed E-state index contributed by atoms with van der Waals surface area (Å²) >= 11 is 0. The average molecular weight is 332 g/mol. The molecule has 1 aromatic heterocycles. The highest BCUT2D eigenvalue weighted by atomic mass is 16.2. The summed E-state index contributed by atoms with van der Waals surface area (Å²) in [6.45, 7) is 3.28. The van der Waals surface area contributed by atoms with Crippen molar-refractivity contribution in [1.29, 1.82) is 0 Å². The molecule has 25 heavy (non-hydrogen) atoms. The summed E-state index contributed by atoms with van der Waals surface area (Å²) < 4.78 is 0. The highest BCUT2D eigenvalue weighted by Crippen LogP contribution is 2.24. The zero-order valence-corrected chi connectivity index (χ0v) is 13.9. The van der Waals surface area contributed by atoms with E-state index in [0.29, 0.717) is 0 Å². The van der Waals surface area contributed by atoms with Gasteiger partial charge in [0.15, 0.2) is 0 Å². The van der Waals surface area contributed by atoms with Gasteiger partial charge in [-0.1, -0.05) is 36.4 Å². The first-order chi connectivity index (χ1) is 12.3. The van der Waals surface area contributed by atoms with E-state index in [9.17, 15) is 4.79 Å². The fourth-order valence-electron chi connectivity index (χ4n) is 3.12. The van der Waals surface area contributed by atoms with Crippen LogP contribution in [0.4, 0.5) is 0 Å². The molecule has 1 aliphatic heterocycles. The Morgan fingerprint density at radius 2 is 1.40 bits per heavy atom. The fraction of sp³-hybridized carbons (Fsp3) is 0.200. The Balaban J connectivity index is 1.51. The second-order valence-electron chi connectivity index (χ2n) is 6.18.